The van der Waals surface area contributed by atoms with Crippen LogP contribution in [0.1, 0.15) is 22.3 Å². The summed E-state index contributed by atoms with van der Waals surface area (Å²) in [5.41, 5.74) is 5.08. The van der Waals surface area contributed by atoms with Crippen LogP contribution < -0.4 is 9.62 Å². The Morgan fingerprint density at radius 2 is 1.49 bits per heavy atom. The molecule has 7 heteroatoms. The predicted molar refractivity (Wildman–Crippen MR) is 139 cm³/mol. The van der Waals surface area contributed by atoms with E-state index in [4.69, 9.17) is 0 Å². The van der Waals surface area contributed by atoms with Gasteiger partial charge in [-0.25, -0.2) is 8.42 Å². The van der Waals surface area contributed by atoms with Gasteiger partial charge in [0.15, 0.2) is 0 Å². The van der Waals surface area contributed by atoms with Crippen LogP contribution in [0.2, 0.25) is 0 Å². The zero-order chi connectivity index (χ0) is 24.8. The number of anilines is 2. The summed E-state index contributed by atoms with van der Waals surface area (Å²) in [6.45, 7) is 3.43. The number of nitrogens with one attached hydrogen (secondary N) is 1. The summed E-state index contributed by atoms with van der Waals surface area (Å²) < 4.78 is 28.3. The van der Waals surface area contributed by atoms with Crippen molar-refractivity contribution < 1.29 is 13.2 Å². The summed E-state index contributed by atoms with van der Waals surface area (Å²) in [5, 5.41) is 2.84. The molecule has 0 saturated heterocycles. The summed E-state index contributed by atoms with van der Waals surface area (Å²) in [5.74, 6) is -0.424. The molecule has 0 aliphatic heterocycles. The van der Waals surface area contributed by atoms with Crippen LogP contribution in [-0.4, -0.2) is 25.9 Å². The normalized spacial score (nSPS) is 11.1. The number of aryl methyl sites for hydroxylation is 1. The van der Waals surface area contributed by atoms with E-state index in [1.165, 1.54) is 16.4 Å². The lowest BCUT2D eigenvalue weighted by Crippen LogP contribution is -2.38. The topological polar surface area (TPSA) is 79.4 Å². The number of pyridine rings is 1. The van der Waals surface area contributed by atoms with Crippen LogP contribution in [0, 0.1) is 13.8 Å². The number of hydrogen-bond acceptors (Lipinski definition) is 4. The molecule has 178 valence electrons. The Morgan fingerprint density at radius 1 is 0.829 bits per heavy atom. The smallest absolute Gasteiger partial charge is 0.264 e. The zero-order valence-electron chi connectivity index (χ0n) is 19.7. The highest BCUT2D eigenvalue weighted by Crippen LogP contribution is 2.28. The molecule has 0 unspecified atom stereocenters. The van der Waals surface area contributed by atoms with Gasteiger partial charge in [-0.3, -0.25) is 14.1 Å². The highest BCUT2D eigenvalue weighted by molar-refractivity contribution is 7.92. The van der Waals surface area contributed by atoms with Crippen LogP contribution >= 0.6 is 0 Å². The van der Waals surface area contributed by atoms with Crippen molar-refractivity contribution >= 4 is 27.3 Å². The second-order valence-corrected chi connectivity index (χ2v) is 10.2. The molecular formula is C28H27N3O3S. The number of sulfonamides is 1. The van der Waals surface area contributed by atoms with Crippen molar-refractivity contribution in [1.29, 1.82) is 0 Å². The Labute approximate surface area is 206 Å². The lowest BCUT2D eigenvalue weighted by Gasteiger charge is -2.26. The quantitative estimate of drug-likeness (QED) is 0.376. The average molecular weight is 486 g/mol. The van der Waals surface area contributed by atoms with Gasteiger partial charge in [-0.15, -0.1) is 0 Å². The first-order valence-electron chi connectivity index (χ1n) is 11.3. The number of hydrogen-bond donors (Lipinski definition) is 1. The van der Waals surface area contributed by atoms with E-state index in [1.807, 2.05) is 56.3 Å². The number of carbonyl (C=O) groups excluding carboxylic acids is 1. The zero-order valence-corrected chi connectivity index (χ0v) is 20.5. The van der Waals surface area contributed by atoms with Crippen LogP contribution in [0.3, 0.4) is 0 Å². The minimum Gasteiger partial charge on any atom is -0.325 e. The molecule has 1 aromatic heterocycles. The molecule has 4 rings (SSSR count). The molecule has 1 N–H and O–H groups in total. The third-order valence-electron chi connectivity index (χ3n) is 5.86. The maximum absolute atomic E-state index is 13.5. The van der Waals surface area contributed by atoms with Crippen LogP contribution in [-0.2, 0) is 21.2 Å². The first-order valence-corrected chi connectivity index (χ1v) is 12.7. The molecule has 0 bridgehead atoms. The second kappa shape index (κ2) is 10.5. The van der Waals surface area contributed by atoms with E-state index in [-0.39, 0.29) is 11.4 Å². The maximum atomic E-state index is 13.5. The first-order chi connectivity index (χ1) is 16.8. The van der Waals surface area contributed by atoms with E-state index >= 15 is 0 Å². The fourth-order valence-electron chi connectivity index (χ4n) is 3.80. The number of rotatable bonds is 8. The van der Waals surface area contributed by atoms with Gasteiger partial charge in [0, 0.05) is 18.1 Å². The van der Waals surface area contributed by atoms with Gasteiger partial charge in [0.1, 0.15) is 6.54 Å². The average Bonchev–Trinajstić information content (AvgIpc) is 2.87. The van der Waals surface area contributed by atoms with Gasteiger partial charge in [0.05, 0.1) is 10.6 Å². The largest absolute Gasteiger partial charge is 0.325 e. The first kappa shape index (κ1) is 24.2. The van der Waals surface area contributed by atoms with Gasteiger partial charge >= 0.3 is 0 Å². The van der Waals surface area contributed by atoms with Crippen molar-refractivity contribution in [2.45, 2.75) is 25.2 Å². The molecule has 0 aliphatic carbocycles. The van der Waals surface area contributed by atoms with Gasteiger partial charge < -0.3 is 5.32 Å². The number of carbonyl (C=O) groups is 1. The lowest BCUT2D eigenvalue weighted by atomic mass is 10.1. The van der Waals surface area contributed by atoms with Crippen molar-refractivity contribution in [3.8, 4) is 0 Å². The minimum absolute atomic E-state index is 0.133. The van der Waals surface area contributed by atoms with Gasteiger partial charge in [0.25, 0.3) is 10.0 Å². The van der Waals surface area contributed by atoms with E-state index in [2.05, 4.69) is 10.3 Å². The summed E-state index contributed by atoms with van der Waals surface area (Å²) in [7, 11) is -3.95. The van der Waals surface area contributed by atoms with E-state index in [1.54, 1.807) is 42.7 Å². The number of amides is 1. The molecule has 3 aromatic carbocycles. The standard InChI is InChI=1S/C28H27N3O3S/c1-21-7-6-10-27(22(21)2)31(35(33,34)26-8-4-3-5-9-26)20-28(32)30-25-13-11-23(12-14-25)19-24-15-17-29-18-16-24/h3-18H,19-20H2,1-2H3,(H,30,32). The van der Waals surface area contributed by atoms with Crippen LogP contribution in [0.15, 0.2) is 102 Å². The minimum atomic E-state index is -3.95. The molecule has 0 atom stereocenters. The monoisotopic (exact) mass is 485 g/mol. The molecule has 1 heterocycles. The summed E-state index contributed by atoms with van der Waals surface area (Å²) >= 11 is 0. The molecule has 4 aromatic rings. The fourth-order valence-corrected chi connectivity index (χ4v) is 5.30. The molecular weight excluding hydrogens is 458 g/mol. The predicted octanol–water partition coefficient (Wildman–Crippen LogP) is 5.12. The molecule has 0 radical (unpaired) electrons. The Hall–Kier alpha value is -3.97. The molecule has 0 aliphatic rings. The van der Waals surface area contributed by atoms with E-state index < -0.39 is 15.9 Å². The van der Waals surface area contributed by atoms with Gasteiger partial charge in [-0.1, -0.05) is 42.5 Å². The molecule has 0 saturated carbocycles. The lowest BCUT2D eigenvalue weighted by molar-refractivity contribution is -0.114. The number of nitrogens with zero attached hydrogens (tertiary/aromatic N) is 2. The van der Waals surface area contributed by atoms with Crippen molar-refractivity contribution in [2.75, 3.05) is 16.2 Å². The SMILES string of the molecule is Cc1cccc(N(CC(=O)Nc2ccc(Cc3ccncc3)cc2)S(=O)(=O)c2ccccc2)c1C. The summed E-state index contributed by atoms with van der Waals surface area (Å²) in [6, 6.07) is 25.1. The van der Waals surface area contributed by atoms with Gasteiger partial charge in [-0.2, -0.15) is 0 Å². The van der Waals surface area contributed by atoms with E-state index in [9.17, 15) is 13.2 Å². The van der Waals surface area contributed by atoms with Crippen molar-refractivity contribution in [1.82, 2.24) is 4.98 Å². The third-order valence-corrected chi connectivity index (χ3v) is 7.63. The Kier molecular flexibility index (Phi) is 7.27. The van der Waals surface area contributed by atoms with Gasteiger partial charge in [0.2, 0.25) is 5.91 Å². The van der Waals surface area contributed by atoms with Crippen LogP contribution in [0.25, 0.3) is 0 Å². The van der Waals surface area contributed by atoms with E-state index in [0.717, 1.165) is 28.7 Å². The molecule has 6 nitrogen and oxygen atoms in total. The summed E-state index contributed by atoms with van der Waals surface area (Å²) in [6.07, 6.45) is 4.27. The molecule has 0 fully saturated rings. The van der Waals surface area contributed by atoms with Crippen LogP contribution in [0.4, 0.5) is 11.4 Å². The molecule has 0 spiro atoms. The highest BCUT2D eigenvalue weighted by atomic mass is 32.2. The van der Waals surface area contributed by atoms with Crippen LogP contribution in [0.5, 0.6) is 0 Å². The number of aromatic nitrogens is 1. The Morgan fingerprint density at radius 3 is 2.17 bits per heavy atom. The third kappa shape index (κ3) is 5.75. The Balaban J connectivity index is 1.55. The Bertz CT molecular complexity index is 1410. The van der Waals surface area contributed by atoms with E-state index in [0.29, 0.717) is 11.4 Å². The van der Waals surface area contributed by atoms with Gasteiger partial charge in [-0.05, 0) is 85.0 Å². The number of benzene rings is 3. The highest BCUT2D eigenvalue weighted by Gasteiger charge is 2.28. The van der Waals surface area contributed by atoms with Crippen molar-refractivity contribution in [3.63, 3.8) is 0 Å². The second-order valence-electron chi connectivity index (χ2n) is 8.32. The maximum Gasteiger partial charge on any atom is 0.264 e. The van der Waals surface area contributed by atoms with Crippen molar-refractivity contribution in [2.24, 2.45) is 0 Å². The van der Waals surface area contributed by atoms with Crippen molar-refractivity contribution in [3.05, 3.63) is 120 Å². The molecule has 1 amide bonds. The molecule has 35 heavy (non-hydrogen) atoms. The fraction of sp³-hybridized carbons (Fsp3) is 0.143. The summed E-state index contributed by atoms with van der Waals surface area (Å²) in [4.78, 5) is 17.2.